The maximum atomic E-state index is 6.19. The van der Waals surface area contributed by atoms with Crippen molar-refractivity contribution >= 4 is 34.8 Å². The Bertz CT molecular complexity index is 560. The first-order valence-corrected chi connectivity index (χ1v) is 6.51. The van der Waals surface area contributed by atoms with Crippen LogP contribution in [0.15, 0.2) is 30.6 Å². The summed E-state index contributed by atoms with van der Waals surface area (Å²) < 4.78 is 0. The highest BCUT2D eigenvalue weighted by atomic mass is 35.5. The number of nitrogens with one attached hydrogen (secondary N) is 1. The van der Waals surface area contributed by atoms with E-state index in [2.05, 4.69) is 15.3 Å². The minimum atomic E-state index is 0.508. The minimum absolute atomic E-state index is 0.508. The summed E-state index contributed by atoms with van der Waals surface area (Å²) in [6, 6.07) is 5.61. The molecule has 0 saturated heterocycles. The van der Waals surface area contributed by atoms with Crippen LogP contribution in [0.2, 0.25) is 10.0 Å². The van der Waals surface area contributed by atoms with E-state index in [0.717, 1.165) is 5.56 Å². The van der Waals surface area contributed by atoms with E-state index in [1.807, 2.05) is 24.1 Å². The average Bonchev–Trinajstić information content (AvgIpc) is 2.40. The molecule has 0 bridgehead atoms. The standard InChI is InChI=1S/C13H14Cl2N4/c1-16-12-10(14)7-11(15)13(18-12)19(2)8-9-3-5-17-6-4-9/h3-7H,8H2,1-2H3,(H,16,18). The van der Waals surface area contributed by atoms with Gasteiger partial charge in [0, 0.05) is 33.0 Å². The zero-order valence-corrected chi connectivity index (χ0v) is 12.2. The highest BCUT2D eigenvalue weighted by molar-refractivity contribution is 6.37. The van der Waals surface area contributed by atoms with Crippen molar-refractivity contribution in [1.82, 2.24) is 9.97 Å². The van der Waals surface area contributed by atoms with Crippen molar-refractivity contribution in [2.75, 3.05) is 24.3 Å². The zero-order valence-electron chi connectivity index (χ0n) is 10.7. The van der Waals surface area contributed by atoms with Crippen LogP contribution in [0.1, 0.15) is 5.56 Å². The number of anilines is 2. The molecule has 100 valence electrons. The van der Waals surface area contributed by atoms with Crippen molar-refractivity contribution < 1.29 is 0 Å². The fourth-order valence-electron chi connectivity index (χ4n) is 1.74. The molecular weight excluding hydrogens is 283 g/mol. The molecule has 1 N–H and O–H groups in total. The quantitative estimate of drug-likeness (QED) is 0.938. The third-order valence-electron chi connectivity index (χ3n) is 2.68. The van der Waals surface area contributed by atoms with E-state index in [1.54, 1.807) is 25.5 Å². The third-order valence-corrected chi connectivity index (χ3v) is 3.24. The molecule has 0 aliphatic rings. The Hall–Kier alpha value is -1.52. The molecule has 0 radical (unpaired) electrons. The van der Waals surface area contributed by atoms with Crippen molar-refractivity contribution in [1.29, 1.82) is 0 Å². The Morgan fingerprint density at radius 1 is 1.21 bits per heavy atom. The highest BCUT2D eigenvalue weighted by Crippen LogP contribution is 2.31. The highest BCUT2D eigenvalue weighted by Gasteiger charge is 2.12. The SMILES string of the molecule is CNc1nc(N(C)Cc2ccncc2)c(Cl)cc1Cl. The molecule has 2 rings (SSSR count). The van der Waals surface area contributed by atoms with E-state index in [1.165, 1.54) is 0 Å². The number of halogens is 2. The van der Waals surface area contributed by atoms with E-state index in [9.17, 15) is 0 Å². The first-order valence-electron chi connectivity index (χ1n) is 5.75. The summed E-state index contributed by atoms with van der Waals surface area (Å²) in [6.45, 7) is 0.694. The fraction of sp³-hybridized carbons (Fsp3) is 0.231. The van der Waals surface area contributed by atoms with Gasteiger partial charge in [-0.3, -0.25) is 4.98 Å². The van der Waals surface area contributed by atoms with Gasteiger partial charge in [0.05, 0.1) is 10.0 Å². The smallest absolute Gasteiger partial charge is 0.149 e. The van der Waals surface area contributed by atoms with Crippen molar-refractivity contribution in [2.45, 2.75) is 6.54 Å². The molecule has 2 aromatic heterocycles. The summed E-state index contributed by atoms with van der Waals surface area (Å²) >= 11 is 12.2. The van der Waals surface area contributed by atoms with Gasteiger partial charge in [0.15, 0.2) is 0 Å². The summed E-state index contributed by atoms with van der Waals surface area (Å²) in [7, 11) is 3.71. The van der Waals surface area contributed by atoms with Crippen LogP contribution in [0.3, 0.4) is 0 Å². The van der Waals surface area contributed by atoms with Gasteiger partial charge in [0.2, 0.25) is 0 Å². The minimum Gasteiger partial charge on any atom is -0.372 e. The van der Waals surface area contributed by atoms with Gasteiger partial charge >= 0.3 is 0 Å². The van der Waals surface area contributed by atoms with Gasteiger partial charge in [-0.2, -0.15) is 0 Å². The number of nitrogens with zero attached hydrogens (tertiary/aromatic N) is 3. The lowest BCUT2D eigenvalue weighted by atomic mass is 10.2. The van der Waals surface area contributed by atoms with E-state index >= 15 is 0 Å². The molecular formula is C13H14Cl2N4. The number of hydrogen-bond donors (Lipinski definition) is 1. The molecule has 19 heavy (non-hydrogen) atoms. The lowest BCUT2D eigenvalue weighted by molar-refractivity contribution is 0.896. The summed E-state index contributed by atoms with van der Waals surface area (Å²) in [6.07, 6.45) is 3.53. The zero-order chi connectivity index (χ0) is 13.8. The van der Waals surface area contributed by atoms with Gasteiger partial charge in [-0.15, -0.1) is 0 Å². The molecule has 2 aromatic rings. The predicted octanol–water partition coefficient (Wildman–Crippen LogP) is 3.46. The fourth-order valence-corrected chi connectivity index (χ4v) is 2.33. The van der Waals surface area contributed by atoms with Crippen molar-refractivity contribution in [3.63, 3.8) is 0 Å². The summed E-state index contributed by atoms with van der Waals surface area (Å²) in [4.78, 5) is 10.4. The Morgan fingerprint density at radius 2 is 1.89 bits per heavy atom. The number of aromatic nitrogens is 2. The van der Waals surface area contributed by atoms with Crippen LogP contribution >= 0.6 is 23.2 Å². The van der Waals surface area contributed by atoms with E-state index in [4.69, 9.17) is 23.2 Å². The van der Waals surface area contributed by atoms with Crippen LogP contribution in [0.5, 0.6) is 0 Å². The average molecular weight is 297 g/mol. The van der Waals surface area contributed by atoms with Gasteiger partial charge < -0.3 is 10.2 Å². The normalized spacial score (nSPS) is 10.3. The second-order valence-corrected chi connectivity index (χ2v) is 4.90. The molecule has 0 amide bonds. The Labute approximate surface area is 122 Å². The molecule has 0 spiro atoms. The van der Waals surface area contributed by atoms with E-state index < -0.39 is 0 Å². The molecule has 0 saturated carbocycles. The monoisotopic (exact) mass is 296 g/mol. The molecule has 0 aliphatic carbocycles. The third kappa shape index (κ3) is 3.28. The lowest BCUT2D eigenvalue weighted by Gasteiger charge is -2.20. The summed E-state index contributed by atoms with van der Waals surface area (Å²) in [5.74, 6) is 1.30. The maximum absolute atomic E-state index is 6.19. The van der Waals surface area contributed by atoms with E-state index in [0.29, 0.717) is 28.2 Å². The molecule has 6 heteroatoms. The Kier molecular flexibility index (Phi) is 4.45. The van der Waals surface area contributed by atoms with Crippen molar-refractivity contribution in [2.24, 2.45) is 0 Å². The van der Waals surface area contributed by atoms with Gasteiger partial charge in [0.1, 0.15) is 11.6 Å². The van der Waals surface area contributed by atoms with Gasteiger partial charge in [-0.05, 0) is 23.8 Å². The van der Waals surface area contributed by atoms with Crippen LogP contribution in [-0.4, -0.2) is 24.1 Å². The second kappa shape index (κ2) is 6.08. The number of rotatable bonds is 4. The van der Waals surface area contributed by atoms with E-state index in [-0.39, 0.29) is 0 Å². The Balaban J connectivity index is 2.26. The first-order chi connectivity index (χ1) is 9.11. The van der Waals surface area contributed by atoms with Gasteiger partial charge in [-0.1, -0.05) is 23.2 Å². The first kappa shape index (κ1) is 13.9. The maximum Gasteiger partial charge on any atom is 0.149 e. The molecule has 0 aliphatic heterocycles. The van der Waals surface area contributed by atoms with Crippen LogP contribution < -0.4 is 10.2 Å². The molecule has 0 atom stereocenters. The van der Waals surface area contributed by atoms with Crippen molar-refractivity contribution in [3.8, 4) is 0 Å². The molecule has 2 heterocycles. The van der Waals surface area contributed by atoms with Crippen LogP contribution in [0.4, 0.5) is 11.6 Å². The van der Waals surface area contributed by atoms with Gasteiger partial charge in [-0.25, -0.2) is 4.98 Å². The van der Waals surface area contributed by atoms with Crippen molar-refractivity contribution in [3.05, 3.63) is 46.2 Å². The Morgan fingerprint density at radius 3 is 2.53 bits per heavy atom. The summed E-state index contributed by atoms with van der Waals surface area (Å²) in [5, 5.41) is 3.98. The second-order valence-electron chi connectivity index (χ2n) is 4.09. The molecule has 0 unspecified atom stereocenters. The molecule has 0 aromatic carbocycles. The number of hydrogen-bond acceptors (Lipinski definition) is 4. The predicted molar refractivity (Wildman–Crippen MR) is 80.1 cm³/mol. The number of pyridine rings is 2. The summed E-state index contributed by atoms with van der Waals surface area (Å²) in [5.41, 5.74) is 1.14. The molecule has 4 nitrogen and oxygen atoms in total. The van der Waals surface area contributed by atoms with Crippen LogP contribution in [-0.2, 0) is 6.54 Å². The largest absolute Gasteiger partial charge is 0.372 e. The van der Waals surface area contributed by atoms with Crippen LogP contribution in [0.25, 0.3) is 0 Å². The van der Waals surface area contributed by atoms with Crippen LogP contribution in [0, 0.1) is 0 Å². The topological polar surface area (TPSA) is 41.1 Å². The van der Waals surface area contributed by atoms with Gasteiger partial charge in [0.25, 0.3) is 0 Å². The lowest BCUT2D eigenvalue weighted by Crippen LogP contribution is -2.18. The molecule has 0 fully saturated rings.